The van der Waals surface area contributed by atoms with Crippen LogP contribution >= 0.6 is 0 Å². The summed E-state index contributed by atoms with van der Waals surface area (Å²) in [4.78, 5) is 26.8. The van der Waals surface area contributed by atoms with Gasteiger partial charge in [0, 0.05) is 11.1 Å². The molecule has 0 saturated heterocycles. The molecule has 0 aromatic heterocycles. The average molecular weight is 467 g/mol. The molecule has 0 fully saturated rings. The number of hydrogen-bond acceptors (Lipinski definition) is 2. The maximum absolute atomic E-state index is 13.4. The van der Waals surface area contributed by atoms with E-state index in [4.69, 9.17) is 0 Å². The van der Waals surface area contributed by atoms with E-state index in [-0.39, 0.29) is 0 Å². The summed E-state index contributed by atoms with van der Waals surface area (Å²) < 4.78 is 0. The van der Waals surface area contributed by atoms with Crippen molar-refractivity contribution < 1.29 is 9.59 Å². The molecule has 2 heteroatoms. The Balaban J connectivity index is 1.46. The molecular weight excluding hydrogens is 440 g/mol. The Hall–Kier alpha value is -4.30. The number of benzene rings is 6. The lowest BCUT2D eigenvalue weighted by Gasteiger charge is -2.14. The van der Waals surface area contributed by atoms with Crippen LogP contribution in [0.3, 0.4) is 0 Å². The first kappa shape index (κ1) is 22.2. The highest BCUT2D eigenvalue weighted by Crippen LogP contribution is 2.34. The van der Waals surface area contributed by atoms with E-state index in [0.717, 1.165) is 43.4 Å². The van der Waals surface area contributed by atoms with E-state index in [0.29, 0.717) is 11.1 Å². The Labute approximate surface area is 210 Å². The van der Waals surface area contributed by atoms with Gasteiger partial charge < -0.3 is 0 Å². The molecule has 0 aliphatic carbocycles. The highest BCUT2D eigenvalue weighted by Gasteiger charge is 2.21. The Morgan fingerprint density at radius 2 is 0.694 bits per heavy atom. The van der Waals surface area contributed by atoms with Gasteiger partial charge in [-0.25, -0.2) is 0 Å². The predicted octanol–water partition coefficient (Wildman–Crippen LogP) is 8.60. The van der Waals surface area contributed by atoms with Gasteiger partial charge in [-0.1, -0.05) is 72.8 Å². The average Bonchev–Trinajstić information content (AvgIpc) is 2.93. The van der Waals surface area contributed by atoms with Gasteiger partial charge in [-0.15, -0.1) is 0 Å². The number of aryl methyl sites for hydroxylation is 4. The summed E-state index contributed by atoms with van der Waals surface area (Å²) in [7, 11) is 0. The van der Waals surface area contributed by atoms with Crippen LogP contribution < -0.4 is 0 Å². The number of rotatable bonds is 3. The molecular formula is C34H26O2. The molecule has 6 rings (SSSR count). The number of hydrogen-bond donors (Lipinski definition) is 0. The molecule has 0 N–H and O–H groups in total. The van der Waals surface area contributed by atoms with Crippen molar-refractivity contribution in [3.63, 3.8) is 0 Å². The van der Waals surface area contributed by atoms with Gasteiger partial charge in [0.15, 0.2) is 0 Å². The summed E-state index contributed by atoms with van der Waals surface area (Å²) in [6.07, 6.45) is 0. The zero-order chi connectivity index (χ0) is 25.1. The monoisotopic (exact) mass is 466 g/mol. The lowest BCUT2D eigenvalue weighted by Crippen LogP contribution is -2.14. The van der Waals surface area contributed by atoms with Crippen LogP contribution in [0.4, 0.5) is 0 Å². The van der Waals surface area contributed by atoms with E-state index in [1.807, 2.05) is 48.5 Å². The van der Waals surface area contributed by atoms with E-state index in [1.165, 1.54) is 21.9 Å². The summed E-state index contributed by atoms with van der Waals surface area (Å²) in [5, 5.41) is 8.98. The molecule has 6 aromatic rings. The van der Waals surface area contributed by atoms with Gasteiger partial charge >= 0.3 is 0 Å². The van der Waals surface area contributed by atoms with E-state index in [1.54, 1.807) is 12.1 Å². The fourth-order valence-corrected chi connectivity index (χ4v) is 5.62. The smallest absolute Gasteiger partial charge is 0.233 e. The van der Waals surface area contributed by atoms with E-state index < -0.39 is 11.6 Å². The van der Waals surface area contributed by atoms with Crippen molar-refractivity contribution in [1.82, 2.24) is 0 Å². The summed E-state index contributed by atoms with van der Waals surface area (Å²) in [6.45, 7) is 8.39. The molecule has 0 heterocycles. The van der Waals surface area contributed by atoms with Crippen molar-refractivity contribution in [2.75, 3.05) is 0 Å². The molecule has 0 amide bonds. The highest BCUT2D eigenvalue weighted by molar-refractivity contribution is 6.49. The number of carbonyl (C=O) groups excluding carboxylic acids is 2. The minimum Gasteiger partial charge on any atom is -0.285 e. The standard InChI is InChI=1S/C34H26O2/c1-19-21(3)31-17-23(13-15-29(31)27-11-7-5-9-25(19)27)33(35)34(36)24-14-16-30-28-12-8-6-10-26(28)20(2)22(4)32(30)18-24/h5-18H,1-4H3. The summed E-state index contributed by atoms with van der Waals surface area (Å²) in [6, 6.07) is 27.9. The molecule has 2 nitrogen and oxygen atoms in total. The summed E-state index contributed by atoms with van der Waals surface area (Å²) >= 11 is 0. The van der Waals surface area contributed by atoms with Crippen LogP contribution in [0.5, 0.6) is 0 Å². The Morgan fingerprint density at radius 1 is 0.389 bits per heavy atom. The summed E-state index contributed by atoms with van der Waals surface area (Å²) in [5.74, 6) is -0.951. The molecule has 0 aliphatic heterocycles. The van der Waals surface area contributed by atoms with Crippen molar-refractivity contribution in [2.45, 2.75) is 27.7 Å². The maximum Gasteiger partial charge on any atom is 0.233 e. The Kier molecular flexibility index (Phi) is 5.01. The third-order valence-corrected chi connectivity index (χ3v) is 7.95. The zero-order valence-corrected chi connectivity index (χ0v) is 20.9. The van der Waals surface area contributed by atoms with Gasteiger partial charge in [0.25, 0.3) is 0 Å². The third kappa shape index (κ3) is 3.18. The second-order valence-corrected chi connectivity index (χ2v) is 9.77. The molecule has 0 aliphatic rings. The second-order valence-electron chi connectivity index (χ2n) is 9.77. The first-order valence-electron chi connectivity index (χ1n) is 12.3. The van der Waals surface area contributed by atoms with Crippen molar-refractivity contribution >= 4 is 54.7 Å². The Morgan fingerprint density at radius 3 is 1.08 bits per heavy atom. The maximum atomic E-state index is 13.4. The van der Waals surface area contributed by atoms with Gasteiger partial charge in [0.05, 0.1) is 0 Å². The first-order chi connectivity index (χ1) is 17.4. The second kappa shape index (κ2) is 8.13. The molecule has 0 spiro atoms. The fraction of sp³-hybridized carbons (Fsp3) is 0.118. The topological polar surface area (TPSA) is 34.1 Å². The number of Topliss-reactive ketones (excluding diaryl/α,β-unsaturated/α-hetero) is 2. The van der Waals surface area contributed by atoms with Crippen molar-refractivity contribution in [1.29, 1.82) is 0 Å². The summed E-state index contributed by atoms with van der Waals surface area (Å²) in [5.41, 5.74) is 5.51. The lowest BCUT2D eigenvalue weighted by molar-refractivity contribution is 0.0817. The van der Waals surface area contributed by atoms with E-state index in [2.05, 4.69) is 52.0 Å². The molecule has 0 unspecified atom stereocenters. The van der Waals surface area contributed by atoms with Crippen LogP contribution in [0.1, 0.15) is 43.0 Å². The quantitative estimate of drug-likeness (QED) is 0.149. The van der Waals surface area contributed by atoms with Crippen molar-refractivity contribution in [3.05, 3.63) is 118 Å². The normalized spacial score (nSPS) is 11.6. The van der Waals surface area contributed by atoms with E-state index in [9.17, 15) is 9.59 Å². The van der Waals surface area contributed by atoms with Gasteiger partial charge in [-0.05, 0) is 105 Å². The lowest BCUT2D eigenvalue weighted by atomic mass is 9.89. The molecule has 0 bridgehead atoms. The fourth-order valence-electron chi connectivity index (χ4n) is 5.62. The van der Waals surface area contributed by atoms with Crippen LogP contribution in [0.2, 0.25) is 0 Å². The van der Waals surface area contributed by atoms with Gasteiger partial charge in [-0.3, -0.25) is 9.59 Å². The van der Waals surface area contributed by atoms with E-state index >= 15 is 0 Å². The highest BCUT2D eigenvalue weighted by atomic mass is 16.2. The molecule has 36 heavy (non-hydrogen) atoms. The van der Waals surface area contributed by atoms with Crippen molar-refractivity contribution in [2.24, 2.45) is 0 Å². The molecule has 0 atom stereocenters. The van der Waals surface area contributed by atoms with Crippen molar-refractivity contribution in [3.8, 4) is 0 Å². The SMILES string of the molecule is Cc1c(C)c2cc(C(=O)C(=O)c3ccc4c(c3)c(C)c(C)c3ccccc34)ccc2c2ccccc12. The zero-order valence-electron chi connectivity index (χ0n) is 20.9. The van der Waals surface area contributed by atoms with Crippen LogP contribution in [0, 0.1) is 27.7 Å². The molecule has 0 radical (unpaired) electrons. The molecule has 6 aromatic carbocycles. The minimum absolute atomic E-state index is 0.428. The largest absolute Gasteiger partial charge is 0.285 e. The number of fused-ring (bicyclic) bond motifs is 6. The third-order valence-electron chi connectivity index (χ3n) is 7.95. The van der Waals surface area contributed by atoms with Gasteiger partial charge in [0.1, 0.15) is 0 Å². The van der Waals surface area contributed by atoms with Gasteiger partial charge in [-0.2, -0.15) is 0 Å². The predicted molar refractivity (Wildman–Crippen MR) is 151 cm³/mol. The van der Waals surface area contributed by atoms with Crippen LogP contribution in [0.15, 0.2) is 84.9 Å². The Bertz CT molecular complexity index is 1770. The molecule has 174 valence electrons. The van der Waals surface area contributed by atoms with Gasteiger partial charge in [0.2, 0.25) is 11.6 Å². The first-order valence-corrected chi connectivity index (χ1v) is 12.3. The van der Waals surface area contributed by atoms with Crippen LogP contribution in [0.25, 0.3) is 43.1 Å². The van der Waals surface area contributed by atoms with Crippen LogP contribution in [-0.4, -0.2) is 11.6 Å². The minimum atomic E-state index is -0.475. The van der Waals surface area contributed by atoms with Crippen LogP contribution in [-0.2, 0) is 0 Å². The number of carbonyl (C=O) groups is 2. The molecule has 0 saturated carbocycles. The number of ketones is 2.